The summed E-state index contributed by atoms with van der Waals surface area (Å²) in [5.41, 5.74) is 4.03. The minimum atomic E-state index is -5.92. The second-order valence-electron chi connectivity index (χ2n) is 12.2. The van der Waals surface area contributed by atoms with Crippen LogP contribution in [0.4, 0.5) is 5.82 Å². The Morgan fingerprint density at radius 1 is 1.03 bits per heavy atom. The summed E-state index contributed by atoms with van der Waals surface area (Å²) in [6.07, 6.45) is -7.62. The van der Waals surface area contributed by atoms with Gasteiger partial charge in [0.25, 0.3) is 23.5 Å². The van der Waals surface area contributed by atoms with Crippen LogP contribution in [0.1, 0.15) is 33.4 Å². The minimum absolute atomic E-state index is 0. The smallest absolute Gasteiger partial charge is 0.756 e. The zero-order valence-electron chi connectivity index (χ0n) is 33.4. The molecule has 1 aliphatic heterocycles. The van der Waals surface area contributed by atoms with E-state index in [0.717, 1.165) is 38.0 Å². The number of imidazole rings is 1. The van der Waals surface area contributed by atoms with Gasteiger partial charge in [-0.25, -0.2) is 19.3 Å². The van der Waals surface area contributed by atoms with E-state index < -0.39 is 102 Å². The molecule has 4 unspecified atom stereocenters. The molecule has 0 bridgehead atoms. The Bertz CT molecular complexity index is 1890. The third-order valence-corrected chi connectivity index (χ3v) is 11.5. The summed E-state index contributed by atoms with van der Waals surface area (Å²) in [5, 5.41) is 36.0. The van der Waals surface area contributed by atoms with Crippen molar-refractivity contribution in [2.45, 2.75) is 57.8 Å². The molecule has 318 valence electrons. The second-order valence-corrected chi connectivity index (χ2v) is 17.4. The first-order valence-electron chi connectivity index (χ1n) is 15.6. The zero-order chi connectivity index (χ0) is 41.5. The Hall–Kier alpha value is -0.620. The topological polar surface area (TPSA) is 444 Å². The molecule has 9 atom stereocenters. The van der Waals surface area contributed by atoms with Crippen LogP contribution < -0.4 is 112 Å². The minimum Gasteiger partial charge on any atom is -0.756 e. The van der Waals surface area contributed by atoms with Crippen LogP contribution in [0.2, 0.25) is 0 Å². The number of fused-ring (bicyclic) bond motifs is 1. The number of rotatable bonds is 21. The van der Waals surface area contributed by atoms with Crippen LogP contribution in [-0.2, 0) is 55.5 Å². The maximum Gasteiger partial charge on any atom is 1.00 e. The van der Waals surface area contributed by atoms with Gasteiger partial charge in [-0.3, -0.25) is 32.6 Å². The van der Waals surface area contributed by atoms with Gasteiger partial charge in [0.1, 0.15) is 36.3 Å². The summed E-state index contributed by atoms with van der Waals surface area (Å²) in [6, 6.07) is 0. The number of carboxylic acid groups (broad SMARTS) is 1. The second kappa shape index (κ2) is 27.0. The number of anilines is 1. The number of phosphoric acid groups is 3. The molecular formula is C25H38Li4N7O20P3S. The monoisotopic (exact) mass is 909 g/mol. The number of hydrogen-bond acceptors (Lipinski definition) is 23. The molecule has 0 aliphatic carbocycles. The number of aliphatic carboxylic acids is 1. The van der Waals surface area contributed by atoms with Crippen molar-refractivity contribution in [2.75, 3.05) is 37.8 Å². The van der Waals surface area contributed by atoms with Crippen LogP contribution in [0.25, 0.3) is 11.2 Å². The molecule has 0 aromatic carbocycles. The van der Waals surface area contributed by atoms with Crippen molar-refractivity contribution < 1.29 is 171 Å². The van der Waals surface area contributed by atoms with Gasteiger partial charge >= 0.3 is 75.4 Å². The summed E-state index contributed by atoms with van der Waals surface area (Å²) in [5.74, 6) is -4.53. The number of hydrogen-bond donors (Lipinski definition) is 6. The number of amides is 2. The summed E-state index contributed by atoms with van der Waals surface area (Å²) in [4.78, 5) is 104. The van der Waals surface area contributed by atoms with E-state index >= 15 is 0 Å². The molecule has 9 N–H and O–H groups in total. The molecule has 27 nitrogen and oxygen atoms in total. The number of thioether (sulfide) groups is 1. The molecule has 0 spiro atoms. The van der Waals surface area contributed by atoms with Crippen LogP contribution in [0, 0.1) is 11.3 Å². The Morgan fingerprint density at radius 3 is 2.22 bits per heavy atom. The molecule has 1 saturated heterocycles. The average Bonchev–Trinajstić information content (AvgIpc) is 3.64. The maximum atomic E-state index is 12.5. The number of aliphatic hydroxyl groups is 2. The number of phosphoric ester groups is 3. The van der Waals surface area contributed by atoms with Crippen molar-refractivity contribution in [3.63, 3.8) is 0 Å². The third-order valence-electron chi connectivity index (χ3n) is 7.43. The number of nitrogen functional groups attached to an aromatic ring is 1. The molecular weight excluding hydrogens is 871 g/mol. The number of carbonyl (C=O) groups excluding carboxylic acids is 4. The van der Waals surface area contributed by atoms with E-state index in [1.165, 1.54) is 0 Å². The molecule has 2 amide bonds. The van der Waals surface area contributed by atoms with Gasteiger partial charge in [0, 0.05) is 30.7 Å². The van der Waals surface area contributed by atoms with E-state index in [-0.39, 0.29) is 123 Å². The van der Waals surface area contributed by atoms with E-state index in [9.17, 15) is 67.8 Å². The van der Waals surface area contributed by atoms with Crippen molar-refractivity contribution in [3.8, 4) is 0 Å². The Labute approximate surface area is 393 Å². The number of aromatic nitrogens is 4. The van der Waals surface area contributed by atoms with Crippen molar-refractivity contribution >= 4 is 75.1 Å². The van der Waals surface area contributed by atoms with E-state index in [4.69, 9.17) is 10.5 Å². The molecule has 0 saturated carbocycles. The van der Waals surface area contributed by atoms with Gasteiger partial charge in [-0.1, -0.05) is 25.6 Å². The molecule has 1 aliphatic rings. The van der Waals surface area contributed by atoms with Crippen molar-refractivity contribution in [1.29, 1.82) is 0 Å². The standard InChI is InChI=1S/C25H40N7O19P3S.4Li.H2O/c1-12(23(37)38)24(39)55-7-6-27-14(33)4-5-28-21(36)18(35)25(2,3)9-48-54(45,46)51-53(43,44)47-8-13-17(50-52(40,41)42)16(34)22(49-13)32-11-31-15-19(26)29-10-30-20(15)32;;;;;/h10-13,16-18,22,34-35H,4-9H2,1-3H3,(H,27,33)(H,28,36)(H,37,38)(H,43,44)(H,45,46)(H2,26,29,30)(H2,40,41,42);;;;;1H2/q;4*+1;/p-4/t12?,13-,16-,17-,18+,22-;;;;;/m1...../s1. The average molecular weight is 909 g/mol. The summed E-state index contributed by atoms with van der Waals surface area (Å²) >= 11 is 0.676. The van der Waals surface area contributed by atoms with Crippen LogP contribution in [0.15, 0.2) is 12.7 Å². The molecule has 3 heterocycles. The number of nitrogens with zero attached hydrogens (tertiary/aromatic N) is 4. The number of ether oxygens (including phenoxy) is 1. The van der Waals surface area contributed by atoms with Crippen molar-refractivity contribution in [3.05, 3.63) is 12.7 Å². The van der Waals surface area contributed by atoms with Gasteiger partial charge in [-0.05, 0) is 6.92 Å². The first kappa shape index (κ1) is 63.7. The molecule has 0 radical (unpaired) electrons. The predicted molar refractivity (Wildman–Crippen MR) is 178 cm³/mol. The zero-order valence-corrected chi connectivity index (χ0v) is 36.9. The van der Waals surface area contributed by atoms with Crippen molar-refractivity contribution in [1.82, 2.24) is 30.2 Å². The number of nitrogens with two attached hydrogens (primary N) is 1. The molecule has 2 aromatic heterocycles. The van der Waals surface area contributed by atoms with Gasteiger partial charge in [0.15, 0.2) is 22.8 Å². The van der Waals surface area contributed by atoms with Crippen LogP contribution in [0.3, 0.4) is 0 Å². The van der Waals surface area contributed by atoms with E-state index in [2.05, 4.69) is 43.5 Å². The number of aliphatic hydroxyl groups excluding tert-OH is 2. The molecule has 60 heavy (non-hydrogen) atoms. The van der Waals surface area contributed by atoms with Crippen LogP contribution >= 0.6 is 35.2 Å². The van der Waals surface area contributed by atoms with Gasteiger partial charge in [0.05, 0.1) is 31.4 Å². The van der Waals surface area contributed by atoms with Gasteiger partial charge in [-0.15, -0.1) is 0 Å². The third kappa shape index (κ3) is 19.2. The Kier molecular flexibility index (Phi) is 28.6. The summed E-state index contributed by atoms with van der Waals surface area (Å²) in [6.45, 7) is 0.888. The van der Waals surface area contributed by atoms with Gasteiger partial charge in [0.2, 0.25) is 11.8 Å². The quantitative estimate of drug-likeness (QED) is 0.0293. The molecule has 3 rings (SSSR count). The molecule has 1 fully saturated rings. The Morgan fingerprint density at radius 2 is 1.63 bits per heavy atom. The van der Waals surface area contributed by atoms with E-state index in [0.29, 0.717) is 11.8 Å². The Balaban J connectivity index is -0.00000650. The number of carboxylic acids is 1. The fourth-order valence-corrected chi connectivity index (χ4v) is 7.98. The number of nitrogens with one attached hydrogen (secondary N) is 2. The van der Waals surface area contributed by atoms with Gasteiger partial charge < -0.3 is 79.8 Å². The van der Waals surface area contributed by atoms with Crippen molar-refractivity contribution in [2.24, 2.45) is 11.3 Å². The SMILES string of the molecule is CC(C(=O)[O-])C(=O)SCCNC(=O)CCNC(=O)[C@H](O)C(C)(C)COP(=O)([O-])OP(=O)([O-])OC[C@H]1O[C@@H](n2cnc3c(N)ncnc32)[C@H](O)[C@@H]1OP(=O)([O-])O.O.[Li+].[Li+].[Li+].[Li+]. The van der Waals surface area contributed by atoms with E-state index in [1.807, 2.05) is 0 Å². The predicted octanol–water partition coefficient (Wildman–Crippen LogP) is -17.7. The van der Waals surface area contributed by atoms with Crippen LogP contribution in [-0.4, -0.2) is 119 Å². The maximum absolute atomic E-state index is 12.5. The largest absolute Gasteiger partial charge is 1.00 e. The van der Waals surface area contributed by atoms with E-state index in [1.54, 1.807) is 0 Å². The first-order valence-corrected chi connectivity index (χ1v) is 21.0. The normalized spacial score (nSPS) is 21.3. The van der Waals surface area contributed by atoms with Gasteiger partial charge in [-0.2, -0.15) is 0 Å². The summed E-state index contributed by atoms with van der Waals surface area (Å²) < 4.78 is 60.6. The van der Waals surface area contributed by atoms with Crippen LogP contribution in [0.5, 0.6) is 0 Å². The fraction of sp³-hybridized carbons (Fsp3) is 0.640. The summed E-state index contributed by atoms with van der Waals surface area (Å²) in [7, 11) is -17.4. The molecule has 35 heteroatoms. The molecule has 2 aromatic rings. The fourth-order valence-electron chi connectivity index (χ4n) is 4.48. The number of carbonyl (C=O) groups is 4. The first-order chi connectivity index (χ1) is 25.3.